The lowest BCUT2D eigenvalue weighted by Gasteiger charge is -2.28. The van der Waals surface area contributed by atoms with Gasteiger partial charge in [0.15, 0.2) is 11.6 Å². The molecule has 9 heteroatoms. The second-order valence-corrected chi connectivity index (χ2v) is 5.82. The van der Waals surface area contributed by atoms with E-state index in [4.69, 9.17) is 0 Å². The van der Waals surface area contributed by atoms with Crippen molar-refractivity contribution in [3.05, 3.63) is 70.1 Å². The number of amides is 1. The van der Waals surface area contributed by atoms with Gasteiger partial charge in [0.2, 0.25) is 0 Å². The number of rotatable bonds is 1. The highest BCUT2D eigenvalue weighted by Gasteiger charge is 2.27. The maximum Gasteiger partial charge on any atom is 0.377 e. The molecule has 1 aromatic heterocycles. The number of nitrogens with zero attached hydrogens (tertiary/aromatic N) is 5. The summed E-state index contributed by atoms with van der Waals surface area (Å²) in [6, 6.07) is 9.78. The molecule has 7 nitrogen and oxygen atoms in total. The van der Waals surface area contributed by atoms with Gasteiger partial charge in [-0.1, -0.05) is 24.3 Å². The van der Waals surface area contributed by atoms with Gasteiger partial charge < -0.3 is 0 Å². The maximum atomic E-state index is 13.9. The van der Waals surface area contributed by atoms with E-state index in [1.54, 1.807) is 12.1 Å². The molecule has 3 aromatic rings. The Hall–Kier alpha value is -3.36. The smallest absolute Gasteiger partial charge is 0.292 e. The Bertz CT molecular complexity index is 1040. The number of carbonyl (C=O) groups excluding carboxylic acids is 1. The molecular formula is C17H13F2N5O2. The Balaban J connectivity index is 1.76. The van der Waals surface area contributed by atoms with E-state index in [0.29, 0.717) is 21.6 Å². The zero-order valence-corrected chi connectivity index (χ0v) is 13.5. The van der Waals surface area contributed by atoms with Gasteiger partial charge in [0.25, 0.3) is 0 Å². The maximum absolute atomic E-state index is 13.9. The van der Waals surface area contributed by atoms with Crippen molar-refractivity contribution in [1.82, 2.24) is 19.8 Å². The van der Waals surface area contributed by atoms with Crippen LogP contribution in [0.1, 0.15) is 12.0 Å². The number of carbonyl (C=O) groups is 1. The predicted octanol–water partition coefficient (Wildman–Crippen LogP) is 2.13. The van der Waals surface area contributed by atoms with Crippen LogP contribution in [0, 0.1) is 11.6 Å². The highest BCUT2D eigenvalue weighted by atomic mass is 19.1. The topological polar surface area (TPSA) is 73.0 Å². The Morgan fingerprint density at radius 1 is 1.00 bits per heavy atom. The molecule has 0 saturated carbocycles. The second kappa shape index (κ2) is 6.17. The molecule has 1 aliphatic rings. The van der Waals surface area contributed by atoms with E-state index in [1.165, 1.54) is 11.0 Å². The summed E-state index contributed by atoms with van der Waals surface area (Å²) in [5.41, 5.74) is -0.0485. The number of anilines is 1. The Kier molecular flexibility index (Phi) is 3.83. The number of para-hydroxylation sites is 2. The largest absolute Gasteiger partial charge is 0.377 e. The second-order valence-electron chi connectivity index (χ2n) is 5.82. The van der Waals surface area contributed by atoms with Gasteiger partial charge in [-0.3, -0.25) is 4.90 Å². The molecule has 0 spiro atoms. The van der Waals surface area contributed by atoms with Crippen LogP contribution in [0.25, 0.3) is 5.69 Å². The van der Waals surface area contributed by atoms with Crippen molar-refractivity contribution in [3.8, 4) is 5.69 Å². The first kappa shape index (κ1) is 16.1. The van der Waals surface area contributed by atoms with Crippen LogP contribution in [0.4, 0.5) is 19.3 Å². The van der Waals surface area contributed by atoms with Crippen LogP contribution in [-0.2, 0) is 6.42 Å². The molecule has 0 radical (unpaired) electrons. The lowest BCUT2D eigenvalue weighted by Crippen LogP contribution is -2.43. The number of fused-ring (bicyclic) bond motifs is 1. The molecule has 132 valence electrons. The van der Waals surface area contributed by atoms with Crippen molar-refractivity contribution in [2.24, 2.45) is 0 Å². The minimum absolute atomic E-state index is 0.406. The molecule has 0 saturated heterocycles. The number of aryl methyl sites for hydroxylation is 1. The number of benzene rings is 2. The molecule has 1 amide bonds. The first-order valence-electron chi connectivity index (χ1n) is 7.97. The van der Waals surface area contributed by atoms with Crippen LogP contribution in [0.3, 0.4) is 0 Å². The highest BCUT2D eigenvalue weighted by Crippen LogP contribution is 2.27. The van der Waals surface area contributed by atoms with Gasteiger partial charge in [-0.05, 0) is 47.0 Å². The summed E-state index contributed by atoms with van der Waals surface area (Å²) >= 11 is 0. The first-order chi connectivity index (χ1) is 12.6. The van der Waals surface area contributed by atoms with Crippen LogP contribution in [0.2, 0.25) is 0 Å². The highest BCUT2D eigenvalue weighted by molar-refractivity contribution is 5.94. The van der Waals surface area contributed by atoms with E-state index in [0.717, 1.165) is 30.5 Å². The number of halogens is 2. The summed E-state index contributed by atoms with van der Waals surface area (Å²) in [7, 11) is 0. The summed E-state index contributed by atoms with van der Waals surface area (Å²) in [6.45, 7) is 0.406. The number of aromatic nitrogens is 4. The number of hydrogen-bond acceptors (Lipinski definition) is 4. The lowest BCUT2D eigenvalue weighted by molar-refractivity contribution is 0.243. The molecule has 26 heavy (non-hydrogen) atoms. The van der Waals surface area contributed by atoms with E-state index < -0.39 is 29.0 Å². The zero-order valence-electron chi connectivity index (χ0n) is 13.5. The molecule has 0 aliphatic carbocycles. The van der Waals surface area contributed by atoms with Crippen LogP contribution < -0.4 is 10.6 Å². The van der Waals surface area contributed by atoms with Crippen molar-refractivity contribution in [1.29, 1.82) is 0 Å². The third-order valence-corrected chi connectivity index (χ3v) is 4.25. The van der Waals surface area contributed by atoms with Gasteiger partial charge in [0, 0.05) is 12.2 Å². The van der Waals surface area contributed by atoms with E-state index in [9.17, 15) is 18.4 Å². The molecule has 0 bridgehead atoms. The van der Waals surface area contributed by atoms with Gasteiger partial charge in [-0.15, -0.1) is 4.68 Å². The van der Waals surface area contributed by atoms with Crippen molar-refractivity contribution in [3.63, 3.8) is 0 Å². The molecular weight excluding hydrogens is 344 g/mol. The van der Waals surface area contributed by atoms with E-state index in [2.05, 4.69) is 10.4 Å². The normalized spacial score (nSPS) is 13.5. The molecule has 0 unspecified atom stereocenters. The monoisotopic (exact) mass is 357 g/mol. The zero-order chi connectivity index (χ0) is 18.3. The van der Waals surface area contributed by atoms with Crippen molar-refractivity contribution in [2.45, 2.75) is 12.8 Å². The summed E-state index contributed by atoms with van der Waals surface area (Å²) in [5.74, 6) is -1.95. The lowest BCUT2D eigenvalue weighted by atomic mass is 10.0. The average Bonchev–Trinajstić information content (AvgIpc) is 3.02. The summed E-state index contributed by atoms with van der Waals surface area (Å²) in [6.07, 6.45) is 1.55. The minimum atomic E-state index is -1.04. The quantitative estimate of drug-likeness (QED) is 0.626. The minimum Gasteiger partial charge on any atom is -0.292 e. The Morgan fingerprint density at radius 2 is 1.73 bits per heavy atom. The van der Waals surface area contributed by atoms with E-state index in [1.807, 2.05) is 12.1 Å². The number of hydrogen-bond donors (Lipinski definition) is 0. The Labute approximate surface area is 146 Å². The fraction of sp³-hybridized carbons (Fsp3) is 0.176. The summed E-state index contributed by atoms with van der Waals surface area (Å²) in [5, 5.41) is 6.98. The van der Waals surface area contributed by atoms with Crippen molar-refractivity contribution >= 4 is 11.7 Å². The summed E-state index contributed by atoms with van der Waals surface area (Å²) in [4.78, 5) is 26.7. The van der Waals surface area contributed by atoms with Crippen LogP contribution >= 0.6 is 0 Å². The molecule has 0 fully saturated rings. The molecule has 2 aromatic carbocycles. The van der Waals surface area contributed by atoms with Gasteiger partial charge in [-0.2, -0.15) is 4.68 Å². The van der Waals surface area contributed by atoms with Gasteiger partial charge in [0.1, 0.15) is 5.69 Å². The van der Waals surface area contributed by atoms with Crippen LogP contribution in [0.15, 0.2) is 47.3 Å². The molecule has 1 aliphatic heterocycles. The molecule has 4 rings (SSSR count). The van der Waals surface area contributed by atoms with Crippen molar-refractivity contribution < 1.29 is 13.6 Å². The molecule has 0 N–H and O–H groups in total. The van der Waals surface area contributed by atoms with Crippen LogP contribution in [0.5, 0.6) is 0 Å². The fourth-order valence-electron chi connectivity index (χ4n) is 3.04. The van der Waals surface area contributed by atoms with E-state index >= 15 is 0 Å². The fourth-order valence-corrected chi connectivity index (χ4v) is 3.04. The third-order valence-electron chi connectivity index (χ3n) is 4.25. The predicted molar refractivity (Wildman–Crippen MR) is 88.4 cm³/mol. The van der Waals surface area contributed by atoms with Gasteiger partial charge in [0.05, 0.1) is 0 Å². The average molecular weight is 357 g/mol. The van der Waals surface area contributed by atoms with Gasteiger partial charge >= 0.3 is 11.7 Å². The third kappa shape index (κ3) is 2.48. The molecule has 0 atom stereocenters. The van der Waals surface area contributed by atoms with E-state index in [-0.39, 0.29) is 0 Å². The SMILES string of the molecule is O=C(N1CCCc2ccccc21)n1nnn(-c2c(F)cccc2F)c1=O. The summed E-state index contributed by atoms with van der Waals surface area (Å²) < 4.78 is 28.8. The van der Waals surface area contributed by atoms with Gasteiger partial charge in [-0.25, -0.2) is 18.4 Å². The number of tetrazole rings is 1. The van der Waals surface area contributed by atoms with Crippen LogP contribution in [-0.4, -0.2) is 32.4 Å². The Morgan fingerprint density at radius 3 is 2.50 bits per heavy atom. The first-order valence-corrected chi connectivity index (χ1v) is 7.97. The molecule has 2 heterocycles. The van der Waals surface area contributed by atoms with Crippen molar-refractivity contribution in [2.75, 3.05) is 11.4 Å². The standard InChI is InChI=1S/C17H13F2N5O2/c18-12-7-3-8-13(19)15(12)23-17(26)24(21-20-23)16(25)22-10-4-6-11-5-1-2-9-14(11)22/h1-3,5,7-9H,4,6,10H2.